The molecule has 27 valence electrons. The Bertz CT molecular complexity index is 6.00. The summed E-state index contributed by atoms with van der Waals surface area (Å²) in [5.41, 5.74) is 0. The number of hydrogen-bond acceptors (Lipinski definition) is 0. The fourth-order valence-corrected chi connectivity index (χ4v) is 0. The summed E-state index contributed by atoms with van der Waals surface area (Å²) in [4.78, 5) is 0. The van der Waals surface area contributed by atoms with Crippen molar-refractivity contribution in [2.45, 2.75) is 7.43 Å². The number of hydrogen-bond donors (Lipinski definition) is 0. The van der Waals surface area contributed by atoms with Gasteiger partial charge in [-0.1, -0.05) is 7.43 Å². The zero-order valence-corrected chi connectivity index (χ0v) is 6.65. The zero-order chi connectivity index (χ0) is 0. The maximum Gasteiger partial charge on any atom is 0 e. The van der Waals surface area contributed by atoms with Crippen LogP contribution in [0.1, 0.15) is 7.43 Å². The van der Waals surface area contributed by atoms with Crippen molar-refractivity contribution in [3.8, 4) is 0 Å². The van der Waals surface area contributed by atoms with Crippen LogP contribution in [0.25, 0.3) is 0 Å². The molecule has 0 aliphatic carbocycles. The fourth-order valence-electron chi connectivity index (χ4n) is 0. The van der Waals surface area contributed by atoms with Crippen molar-refractivity contribution in [2.24, 2.45) is 0 Å². The van der Waals surface area contributed by atoms with Gasteiger partial charge in [0.25, 0.3) is 0 Å². The van der Waals surface area contributed by atoms with Gasteiger partial charge in [0.2, 0.25) is 0 Å². The van der Waals surface area contributed by atoms with E-state index in [4.69, 9.17) is 0 Å². The second-order valence-electron chi connectivity index (χ2n) is 0. The predicted octanol–water partition coefficient (Wildman–Crippen LogP) is 1.48. The minimum atomic E-state index is 0. The second-order valence-corrected chi connectivity index (χ2v) is 0. The SMILES string of the molecule is C.Cl.Cl.[La]. The van der Waals surface area contributed by atoms with E-state index < -0.39 is 0 Å². The molecule has 0 atom stereocenters. The Labute approximate surface area is 67.1 Å². The van der Waals surface area contributed by atoms with Crippen molar-refractivity contribution in [1.82, 2.24) is 0 Å². The van der Waals surface area contributed by atoms with Gasteiger partial charge in [0.15, 0.2) is 0 Å². The number of halogens is 2. The Morgan fingerprint density at radius 1 is 0.750 bits per heavy atom. The standard InChI is InChI=1S/CH4.2ClH.La/h1H4;2*1H;. The molecule has 0 aliphatic heterocycles. The summed E-state index contributed by atoms with van der Waals surface area (Å²) in [5, 5.41) is 0. The van der Waals surface area contributed by atoms with Crippen LogP contribution < -0.4 is 0 Å². The third-order valence-electron chi connectivity index (χ3n) is 0. The Hall–Kier alpha value is 1.77. The first kappa shape index (κ1) is 41.8. The van der Waals surface area contributed by atoms with E-state index in [2.05, 4.69) is 0 Å². The molecule has 0 fully saturated rings. The van der Waals surface area contributed by atoms with E-state index in [-0.39, 0.29) is 67.8 Å². The van der Waals surface area contributed by atoms with Crippen molar-refractivity contribution in [3.05, 3.63) is 0 Å². The first-order chi connectivity index (χ1) is 0. The summed E-state index contributed by atoms with van der Waals surface area (Å²) in [6, 6.07) is 0. The molecule has 1 radical (unpaired) electrons. The van der Waals surface area contributed by atoms with Crippen LogP contribution in [0.3, 0.4) is 0 Å². The van der Waals surface area contributed by atoms with E-state index in [0.717, 1.165) is 0 Å². The summed E-state index contributed by atoms with van der Waals surface area (Å²) in [7, 11) is 0. The van der Waals surface area contributed by atoms with Gasteiger partial charge in [-0.3, -0.25) is 0 Å². The summed E-state index contributed by atoms with van der Waals surface area (Å²) in [5.74, 6) is 0. The van der Waals surface area contributed by atoms with Crippen LogP contribution in [-0.4, -0.2) is 0 Å². The molecule has 0 aliphatic rings. The molecule has 0 N–H and O–H groups in total. The van der Waals surface area contributed by atoms with Crippen LogP contribution >= 0.6 is 24.8 Å². The van der Waals surface area contributed by atoms with Crippen LogP contribution in [0, 0.1) is 35.6 Å². The summed E-state index contributed by atoms with van der Waals surface area (Å²) < 4.78 is 0. The van der Waals surface area contributed by atoms with Crippen LogP contribution in [0.2, 0.25) is 0 Å². The van der Waals surface area contributed by atoms with Crippen molar-refractivity contribution in [1.29, 1.82) is 0 Å². The normalized spacial score (nSPS) is 0. The first-order valence-electron chi connectivity index (χ1n) is 0. The van der Waals surface area contributed by atoms with Gasteiger partial charge < -0.3 is 0 Å². The van der Waals surface area contributed by atoms with Gasteiger partial charge in [-0.25, -0.2) is 0 Å². The number of rotatable bonds is 0. The molecule has 0 nitrogen and oxygen atoms in total. The molecule has 0 saturated heterocycles. The molecule has 3 heteroatoms. The van der Waals surface area contributed by atoms with Crippen molar-refractivity contribution in [3.63, 3.8) is 0 Å². The average molecular weight is 228 g/mol. The molecule has 0 saturated carbocycles. The zero-order valence-electron chi connectivity index (χ0n) is 1.39. The Morgan fingerprint density at radius 3 is 0.750 bits per heavy atom. The van der Waals surface area contributed by atoms with Gasteiger partial charge >= 0.3 is 0 Å². The minimum Gasteiger partial charge on any atom is -0.147 e. The molecule has 0 aromatic rings. The molecule has 0 rings (SSSR count). The van der Waals surface area contributed by atoms with E-state index in [0.29, 0.717) is 0 Å². The van der Waals surface area contributed by atoms with E-state index in [9.17, 15) is 0 Å². The first-order valence-corrected chi connectivity index (χ1v) is 0. The van der Waals surface area contributed by atoms with Crippen LogP contribution in [-0.2, 0) is 0 Å². The van der Waals surface area contributed by atoms with Crippen molar-refractivity contribution in [2.75, 3.05) is 0 Å². The Balaban J connectivity index is 0. The Kier molecular flexibility index (Phi) is 226. The molecule has 0 heterocycles. The van der Waals surface area contributed by atoms with Gasteiger partial charge in [0, 0.05) is 35.6 Å². The van der Waals surface area contributed by atoms with E-state index in [1.165, 1.54) is 0 Å². The molecular formula is CH6Cl2La. The molecule has 4 heavy (non-hydrogen) atoms. The predicted molar refractivity (Wildman–Crippen MR) is 21.2 cm³/mol. The van der Waals surface area contributed by atoms with Crippen molar-refractivity contribution >= 4 is 24.8 Å². The third-order valence-corrected chi connectivity index (χ3v) is 0. The summed E-state index contributed by atoms with van der Waals surface area (Å²) in [6.07, 6.45) is 0. The molecule has 0 bridgehead atoms. The summed E-state index contributed by atoms with van der Waals surface area (Å²) in [6.45, 7) is 0. The summed E-state index contributed by atoms with van der Waals surface area (Å²) >= 11 is 0. The third kappa shape index (κ3) is 9.23. The molecule has 0 spiro atoms. The van der Waals surface area contributed by atoms with E-state index >= 15 is 0 Å². The topological polar surface area (TPSA) is 0 Å². The largest absolute Gasteiger partial charge is 0.147 e. The molecule has 0 amide bonds. The fraction of sp³-hybridized carbons (Fsp3) is 1.00. The minimum absolute atomic E-state index is 0. The van der Waals surface area contributed by atoms with Crippen LogP contribution in [0.4, 0.5) is 0 Å². The van der Waals surface area contributed by atoms with Gasteiger partial charge in [0.05, 0.1) is 0 Å². The van der Waals surface area contributed by atoms with Gasteiger partial charge in [-0.2, -0.15) is 0 Å². The van der Waals surface area contributed by atoms with Crippen LogP contribution in [0.15, 0.2) is 0 Å². The monoisotopic (exact) mass is 227 g/mol. The van der Waals surface area contributed by atoms with Crippen LogP contribution in [0.5, 0.6) is 0 Å². The van der Waals surface area contributed by atoms with Gasteiger partial charge in [-0.15, -0.1) is 24.8 Å². The van der Waals surface area contributed by atoms with E-state index in [1.807, 2.05) is 0 Å². The maximum atomic E-state index is 0. The van der Waals surface area contributed by atoms with Crippen molar-refractivity contribution < 1.29 is 35.6 Å². The molecule has 0 aromatic carbocycles. The van der Waals surface area contributed by atoms with E-state index in [1.54, 1.807) is 0 Å². The van der Waals surface area contributed by atoms with Gasteiger partial charge in [-0.05, 0) is 0 Å². The Morgan fingerprint density at radius 2 is 0.750 bits per heavy atom. The molecule has 0 aromatic heterocycles. The quantitative estimate of drug-likeness (QED) is 0.588. The average Bonchev–Trinajstić information content (AvgIpc) is 0. The van der Waals surface area contributed by atoms with Gasteiger partial charge in [0.1, 0.15) is 0 Å². The second kappa shape index (κ2) is 21.6. The maximum absolute atomic E-state index is 0. The molecule has 0 unspecified atom stereocenters. The smallest absolute Gasteiger partial charge is 0 e. The molecular weight excluding hydrogens is 222 g/mol.